The zero-order chi connectivity index (χ0) is 15.5. The molecule has 2 atom stereocenters. The topological polar surface area (TPSA) is 47.6 Å². The van der Waals surface area contributed by atoms with E-state index in [0.717, 1.165) is 0 Å². The van der Waals surface area contributed by atoms with Crippen LogP contribution in [-0.2, 0) is 4.79 Å². The first-order valence-corrected chi connectivity index (χ1v) is 6.97. The molecule has 0 spiro atoms. The standard InChI is InChI=1S/C18H15NO3/c1-3-13-7-6-8-14(11-13)19-18(20)17-12(2)21-15-9-4-5-10-16(15)22-17/h1,4-12,17H,2H3,(H,19,20). The van der Waals surface area contributed by atoms with Crippen molar-refractivity contribution in [1.29, 1.82) is 0 Å². The third-order valence-electron chi connectivity index (χ3n) is 3.40. The fraction of sp³-hybridized carbons (Fsp3) is 0.167. The second kappa shape index (κ2) is 5.82. The molecule has 0 aromatic heterocycles. The van der Waals surface area contributed by atoms with Crippen molar-refractivity contribution in [3.05, 3.63) is 54.1 Å². The van der Waals surface area contributed by atoms with Crippen molar-refractivity contribution in [2.45, 2.75) is 19.1 Å². The number of amides is 1. The highest BCUT2D eigenvalue weighted by Crippen LogP contribution is 2.33. The summed E-state index contributed by atoms with van der Waals surface area (Å²) in [5.41, 5.74) is 1.34. The summed E-state index contributed by atoms with van der Waals surface area (Å²) in [6.07, 6.45) is 4.26. The molecule has 4 heteroatoms. The number of rotatable bonds is 2. The van der Waals surface area contributed by atoms with E-state index in [1.165, 1.54) is 0 Å². The second-order valence-electron chi connectivity index (χ2n) is 5.02. The first-order valence-electron chi connectivity index (χ1n) is 6.97. The lowest BCUT2D eigenvalue weighted by Crippen LogP contribution is -2.46. The number of carbonyl (C=O) groups excluding carboxylic acids is 1. The molecular weight excluding hydrogens is 278 g/mol. The Morgan fingerprint density at radius 3 is 2.59 bits per heavy atom. The predicted octanol–water partition coefficient (Wildman–Crippen LogP) is 2.83. The van der Waals surface area contributed by atoms with Crippen LogP contribution in [0.2, 0.25) is 0 Å². The van der Waals surface area contributed by atoms with Gasteiger partial charge in [0, 0.05) is 11.3 Å². The van der Waals surface area contributed by atoms with E-state index in [4.69, 9.17) is 15.9 Å². The Morgan fingerprint density at radius 1 is 1.14 bits per heavy atom. The average Bonchev–Trinajstić information content (AvgIpc) is 2.54. The van der Waals surface area contributed by atoms with Crippen LogP contribution in [0.3, 0.4) is 0 Å². The minimum absolute atomic E-state index is 0.267. The number of benzene rings is 2. The molecule has 0 saturated heterocycles. The van der Waals surface area contributed by atoms with Crippen LogP contribution in [0.4, 0.5) is 5.69 Å². The van der Waals surface area contributed by atoms with Crippen LogP contribution < -0.4 is 14.8 Å². The Kier molecular flexibility index (Phi) is 3.71. The molecule has 1 aliphatic rings. The summed E-state index contributed by atoms with van der Waals surface area (Å²) in [5.74, 6) is 3.48. The molecule has 0 saturated carbocycles. The lowest BCUT2D eigenvalue weighted by molar-refractivity contribution is -0.128. The second-order valence-corrected chi connectivity index (χ2v) is 5.02. The van der Waals surface area contributed by atoms with Gasteiger partial charge in [-0.05, 0) is 37.3 Å². The van der Waals surface area contributed by atoms with Crippen LogP contribution in [0, 0.1) is 12.3 Å². The van der Waals surface area contributed by atoms with Crippen molar-refractivity contribution in [3.63, 3.8) is 0 Å². The Balaban J connectivity index is 1.76. The van der Waals surface area contributed by atoms with Crippen molar-refractivity contribution >= 4 is 11.6 Å². The maximum absolute atomic E-state index is 12.4. The Morgan fingerprint density at radius 2 is 1.86 bits per heavy atom. The van der Waals surface area contributed by atoms with Gasteiger partial charge in [0.1, 0.15) is 6.10 Å². The van der Waals surface area contributed by atoms with Crippen LogP contribution >= 0.6 is 0 Å². The quantitative estimate of drug-likeness (QED) is 0.866. The number of ether oxygens (including phenoxy) is 2. The maximum atomic E-state index is 12.4. The fourth-order valence-corrected chi connectivity index (χ4v) is 2.31. The minimum Gasteiger partial charge on any atom is -0.482 e. The normalized spacial score (nSPS) is 19.1. The van der Waals surface area contributed by atoms with Crippen molar-refractivity contribution in [2.75, 3.05) is 5.32 Å². The van der Waals surface area contributed by atoms with Crippen LogP contribution in [0.5, 0.6) is 11.5 Å². The molecule has 1 aliphatic heterocycles. The number of hydrogen-bond donors (Lipinski definition) is 1. The van der Waals surface area contributed by atoms with E-state index in [1.807, 2.05) is 18.2 Å². The van der Waals surface area contributed by atoms with Gasteiger partial charge in [0.2, 0.25) is 6.10 Å². The third kappa shape index (κ3) is 2.75. The summed E-state index contributed by atoms with van der Waals surface area (Å²) in [5, 5.41) is 2.81. The highest BCUT2D eigenvalue weighted by Gasteiger charge is 2.34. The first-order chi connectivity index (χ1) is 10.7. The van der Waals surface area contributed by atoms with E-state index in [0.29, 0.717) is 22.7 Å². The number of fused-ring (bicyclic) bond motifs is 1. The highest BCUT2D eigenvalue weighted by molar-refractivity contribution is 5.95. The number of para-hydroxylation sites is 2. The molecule has 1 heterocycles. The van der Waals surface area contributed by atoms with Crippen LogP contribution in [0.25, 0.3) is 0 Å². The fourth-order valence-electron chi connectivity index (χ4n) is 2.31. The van der Waals surface area contributed by atoms with Crippen molar-refractivity contribution in [2.24, 2.45) is 0 Å². The van der Waals surface area contributed by atoms with Gasteiger partial charge in [-0.2, -0.15) is 0 Å². The van der Waals surface area contributed by atoms with Crippen molar-refractivity contribution in [1.82, 2.24) is 0 Å². The van der Waals surface area contributed by atoms with E-state index in [-0.39, 0.29) is 12.0 Å². The number of nitrogens with one attached hydrogen (secondary N) is 1. The summed E-state index contributed by atoms with van der Waals surface area (Å²) in [6, 6.07) is 14.4. The molecule has 22 heavy (non-hydrogen) atoms. The largest absolute Gasteiger partial charge is 0.482 e. The van der Waals surface area contributed by atoms with E-state index in [9.17, 15) is 4.79 Å². The zero-order valence-corrected chi connectivity index (χ0v) is 12.1. The molecule has 0 bridgehead atoms. The summed E-state index contributed by atoms with van der Waals surface area (Å²) < 4.78 is 11.5. The number of terminal acetylenes is 1. The van der Waals surface area contributed by atoms with E-state index in [1.54, 1.807) is 37.3 Å². The molecule has 2 aromatic rings. The molecule has 0 aliphatic carbocycles. The molecule has 1 amide bonds. The van der Waals surface area contributed by atoms with Gasteiger partial charge in [0.15, 0.2) is 11.5 Å². The Bertz CT molecular complexity index is 748. The summed E-state index contributed by atoms with van der Waals surface area (Å²) >= 11 is 0. The third-order valence-corrected chi connectivity index (χ3v) is 3.40. The average molecular weight is 293 g/mol. The van der Waals surface area contributed by atoms with Crippen LogP contribution in [-0.4, -0.2) is 18.1 Å². The summed E-state index contributed by atoms with van der Waals surface area (Å²) in [4.78, 5) is 12.4. The molecule has 3 rings (SSSR count). The molecule has 0 fully saturated rings. The Labute approximate surface area is 129 Å². The summed E-state index contributed by atoms with van der Waals surface area (Å²) in [7, 11) is 0. The number of anilines is 1. The number of carbonyl (C=O) groups is 1. The highest BCUT2D eigenvalue weighted by atomic mass is 16.6. The van der Waals surface area contributed by atoms with Gasteiger partial charge >= 0.3 is 0 Å². The van der Waals surface area contributed by atoms with E-state index >= 15 is 0 Å². The molecule has 2 unspecified atom stereocenters. The molecule has 110 valence electrons. The van der Waals surface area contributed by atoms with Gasteiger partial charge in [-0.15, -0.1) is 6.42 Å². The van der Waals surface area contributed by atoms with E-state index < -0.39 is 6.10 Å². The van der Waals surface area contributed by atoms with E-state index in [2.05, 4.69) is 11.2 Å². The molecule has 0 radical (unpaired) electrons. The Hall–Kier alpha value is -2.93. The van der Waals surface area contributed by atoms with Crippen molar-refractivity contribution in [3.8, 4) is 23.8 Å². The molecule has 4 nitrogen and oxygen atoms in total. The van der Waals surface area contributed by atoms with Gasteiger partial charge in [-0.3, -0.25) is 4.79 Å². The molecule has 2 aromatic carbocycles. The summed E-state index contributed by atoms with van der Waals surface area (Å²) in [6.45, 7) is 1.80. The molecular formula is C18H15NO3. The van der Waals surface area contributed by atoms with Gasteiger partial charge in [0.05, 0.1) is 0 Å². The van der Waals surface area contributed by atoms with Gasteiger partial charge in [-0.1, -0.05) is 24.1 Å². The lowest BCUT2D eigenvalue weighted by atomic mass is 10.1. The van der Waals surface area contributed by atoms with Gasteiger partial charge in [-0.25, -0.2) is 0 Å². The maximum Gasteiger partial charge on any atom is 0.269 e. The number of hydrogen-bond acceptors (Lipinski definition) is 3. The SMILES string of the molecule is C#Cc1cccc(NC(=O)C2Oc3ccccc3OC2C)c1. The van der Waals surface area contributed by atoms with Crippen LogP contribution in [0.1, 0.15) is 12.5 Å². The monoisotopic (exact) mass is 293 g/mol. The van der Waals surface area contributed by atoms with Crippen LogP contribution in [0.15, 0.2) is 48.5 Å². The van der Waals surface area contributed by atoms with Crippen molar-refractivity contribution < 1.29 is 14.3 Å². The minimum atomic E-state index is -0.718. The predicted molar refractivity (Wildman–Crippen MR) is 84.0 cm³/mol. The van der Waals surface area contributed by atoms with Gasteiger partial charge < -0.3 is 14.8 Å². The zero-order valence-electron chi connectivity index (χ0n) is 12.1. The molecule has 1 N–H and O–H groups in total. The van der Waals surface area contributed by atoms with Gasteiger partial charge in [0.25, 0.3) is 5.91 Å². The lowest BCUT2D eigenvalue weighted by Gasteiger charge is -2.31. The smallest absolute Gasteiger partial charge is 0.269 e. The first kappa shape index (κ1) is 14.0.